The van der Waals surface area contributed by atoms with Crippen molar-refractivity contribution in [3.05, 3.63) is 24.0 Å². The molecule has 2 atom stereocenters. The summed E-state index contributed by atoms with van der Waals surface area (Å²) in [5, 5.41) is 29.1. The second kappa shape index (κ2) is 2.64. The molecule has 0 bridgehead atoms. The molecule has 0 saturated carbocycles. The van der Waals surface area contributed by atoms with Gasteiger partial charge in [0.25, 0.3) is 0 Å². The van der Waals surface area contributed by atoms with E-state index in [0.717, 1.165) is 0 Å². The van der Waals surface area contributed by atoms with Gasteiger partial charge in [0.15, 0.2) is 0 Å². The molecule has 0 radical (unpaired) electrons. The van der Waals surface area contributed by atoms with Gasteiger partial charge in [-0.25, -0.2) is 0 Å². The third kappa shape index (κ3) is 1.21. The highest BCUT2D eigenvalue weighted by Crippen LogP contribution is 2.28. The number of carbonyl (C=O) groups excluding carboxylic acids is 1. The van der Waals surface area contributed by atoms with E-state index in [1.807, 2.05) is 0 Å². The molecular formula is C8H9O4-. The summed E-state index contributed by atoms with van der Waals surface area (Å²) in [5.41, 5.74) is -1.76. The van der Waals surface area contributed by atoms with Gasteiger partial charge in [0.1, 0.15) is 11.4 Å². The van der Waals surface area contributed by atoms with Crippen molar-refractivity contribution in [2.75, 3.05) is 0 Å². The number of aliphatic hydroxyl groups is 2. The van der Waals surface area contributed by atoms with Gasteiger partial charge in [0, 0.05) is 0 Å². The first-order valence-electron chi connectivity index (χ1n) is 3.47. The summed E-state index contributed by atoms with van der Waals surface area (Å²) < 4.78 is 0. The van der Waals surface area contributed by atoms with Crippen LogP contribution in [0.5, 0.6) is 0 Å². The van der Waals surface area contributed by atoms with Crippen molar-refractivity contribution in [1.82, 2.24) is 0 Å². The van der Waals surface area contributed by atoms with Gasteiger partial charge < -0.3 is 20.1 Å². The minimum absolute atomic E-state index is 0.362. The van der Waals surface area contributed by atoms with E-state index in [2.05, 4.69) is 0 Å². The maximum Gasteiger partial charge on any atom is 0.130 e. The Bertz CT molecular complexity index is 262. The summed E-state index contributed by atoms with van der Waals surface area (Å²) in [6.45, 7) is 1.23. The maximum atomic E-state index is 10.5. The number of carbonyl (C=O) groups is 1. The molecule has 2 N–H and O–H groups in total. The van der Waals surface area contributed by atoms with Crippen LogP contribution in [0.25, 0.3) is 0 Å². The summed E-state index contributed by atoms with van der Waals surface area (Å²) >= 11 is 0. The molecule has 66 valence electrons. The van der Waals surface area contributed by atoms with Gasteiger partial charge in [0.2, 0.25) is 0 Å². The molecule has 0 aromatic heterocycles. The lowest BCUT2D eigenvalue weighted by Crippen LogP contribution is -2.47. The highest BCUT2D eigenvalue weighted by molar-refractivity contribution is 5.73. The number of aliphatic carboxylic acids is 1. The maximum absolute atomic E-state index is 10.5. The highest BCUT2D eigenvalue weighted by atomic mass is 16.4. The Kier molecular flexibility index (Phi) is 1.94. The first-order chi connectivity index (χ1) is 5.46. The van der Waals surface area contributed by atoms with E-state index in [1.165, 1.54) is 25.2 Å². The van der Waals surface area contributed by atoms with Crippen LogP contribution in [0.4, 0.5) is 0 Å². The Morgan fingerprint density at radius 2 is 2.33 bits per heavy atom. The zero-order valence-electron chi connectivity index (χ0n) is 6.52. The number of rotatable bonds is 1. The molecule has 1 aliphatic carbocycles. The second-order valence-corrected chi connectivity index (χ2v) is 2.88. The van der Waals surface area contributed by atoms with Crippen molar-refractivity contribution in [3.63, 3.8) is 0 Å². The van der Waals surface area contributed by atoms with Crippen LogP contribution < -0.4 is 5.11 Å². The Morgan fingerprint density at radius 1 is 1.75 bits per heavy atom. The number of carboxylic acids is 1. The molecule has 1 aliphatic rings. The number of aliphatic hydroxyl groups excluding tert-OH is 1. The number of hydrogen-bond donors (Lipinski definition) is 2. The number of allylic oxidation sites excluding steroid dienone is 2. The molecule has 1 rings (SSSR count). The Labute approximate surface area is 69.5 Å². The molecule has 0 aliphatic heterocycles. The van der Waals surface area contributed by atoms with Crippen LogP contribution in [0.2, 0.25) is 0 Å². The van der Waals surface area contributed by atoms with E-state index in [4.69, 9.17) is 5.11 Å². The normalized spacial score (nSPS) is 34.5. The molecule has 0 heterocycles. The zero-order chi connectivity index (χ0) is 9.35. The summed E-state index contributed by atoms with van der Waals surface area (Å²) in [4.78, 5) is 10.5. The van der Waals surface area contributed by atoms with E-state index in [1.54, 1.807) is 0 Å². The molecule has 12 heavy (non-hydrogen) atoms. The third-order valence-electron chi connectivity index (χ3n) is 1.94. The van der Waals surface area contributed by atoms with Gasteiger partial charge in [-0.05, 0) is 13.0 Å². The van der Waals surface area contributed by atoms with Gasteiger partial charge in [0.05, 0.1) is 11.9 Å². The topological polar surface area (TPSA) is 80.6 Å². The fourth-order valence-corrected chi connectivity index (χ4v) is 1.08. The van der Waals surface area contributed by atoms with Crippen LogP contribution >= 0.6 is 0 Å². The summed E-state index contributed by atoms with van der Waals surface area (Å²) in [6, 6.07) is 0. The van der Waals surface area contributed by atoms with Crippen LogP contribution in [-0.4, -0.2) is 21.8 Å². The first-order valence-corrected chi connectivity index (χ1v) is 3.47. The molecule has 0 saturated heterocycles. The quantitative estimate of drug-likeness (QED) is 0.534. The van der Waals surface area contributed by atoms with Crippen molar-refractivity contribution in [3.8, 4) is 0 Å². The van der Waals surface area contributed by atoms with Crippen LogP contribution in [0.3, 0.4) is 0 Å². The van der Waals surface area contributed by atoms with Crippen LogP contribution in [0.1, 0.15) is 6.92 Å². The van der Waals surface area contributed by atoms with Crippen molar-refractivity contribution in [2.24, 2.45) is 5.92 Å². The van der Waals surface area contributed by atoms with Crippen molar-refractivity contribution in [1.29, 1.82) is 0 Å². The lowest BCUT2D eigenvalue weighted by Gasteiger charge is -2.32. The summed E-state index contributed by atoms with van der Waals surface area (Å²) in [6.07, 6.45) is 3.89. The predicted octanol–water partition coefficient (Wildman–Crippen LogP) is -0.885. The van der Waals surface area contributed by atoms with Crippen molar-refractivity contribution < 1.29 is 20.1 Å². The molecule has 0 amide bonds. The Morgan fingerprint density at radius 3 is 2.75 bits per heavy atom. The predicted molar refractivity (Wildman–Crippen MR) is 39.0 cm³/mol. The highest BCUT2D eigenvalue weighted by Gasteiger charge is 2.36. The van der Waals surface area contributed by atoms with E-state index >= 15 is 0 Å². The SMILES string of the molecule is CC1(O)C(O)=CC=CC1C(=O)[O-]. The monoisotopic (exact) mass is 169 g/mol. The van der Waals surface area contributed by atoms with Crippen LogP contribution in [0, 0.1) is 5.92 Å². The molecule has 0 fully saturated rings. The van der Waals surface area contributed by atoms with Gasteiger partial charge in [-0.3, -0.25) is 0 Å². The molecule has 0 spiro atoms. The minimum Gasteiger partial charge on any atom is -0.549 e. The standard InChI is InChI=1S/C8H10O4/c1-8(12)5(7(10)11)3-2-4-6(8)9/h2-5,9,12H,1H3,(H,10,11)/p-1. The molecule has 0 aromatic rings. The van der Waals surface area contributed by atoms with Gasteiger partial charge in [-0.2, -0.15) is 0 Å². The van der Waals surface area contributed by atoms with E-state index in [9.17, 15) is 15.0 Å². The smallest absolute Gasteiger partial charge is 0.130 e. The number of hydrogen-bond acceptors (Lipinski definition) is 4. The van der Waals surface area contributed by atoms with Gasteiger partial charge in [-0.15, -0.1) is 0 Å². The van der Waals surface area contributed by atoms with Crippen LogP contribution in [0.15, 0.2) is 24.0 Å². The lowest BCUT2D eigenvalue weighted by atomic mass is 9.84. The van der Waals surface area contributed by atoms with Gasteiger partial charge in [-0.1, -0.05) is 12.2 Å². The average molecular weight is 169 g/mol. The fraction of sp³-hybridized carbons (Fsp3) is 0.375. The lowest BCUT2D eigenvalue weighted by molar-refractivity contribution is -0.314. The van der Waals surface area contributed by atoms with E-state index < -0.39 is 17.5 Å². The largest absolute Gasteiger partial charge is 0.549 e. The molecular weight excluding hydrogens is 160 g/mol. The molecule has 4 heteroatoms. The summed E-state index contributed by atoms with van der Waals surface area (Å²) in [5.74, 6) is -2.96. The second-order valence-electron chi connectivity index (χ2n) is 2.88. The number of carboxylic acid groups (broad SMARTS) is 1. The third-order valence-corrected chi connectivity index (χ3v) is 1.94. The van der Waals surface area contributed by atoms with Crippen molar-refractivity contribution >= 4 is 5.97 Å². The molecule has 4 nitrogen and oxygen atoms in total. The van der Waals surface area contributed by atoms with Crippen molar-refractivity contribution in [2.45, 2.75) is 12.5 Å². The molecule has 2 unspecified atom stereocenters. The average Bonchev–Trinajstić information content (AvgIpc) is 1.94. The Hall–Kier alpha value is -1.29. The minimum atomic E-state index is -1.76. The first kappa shape index (κ1) is 8.80. The fourth-order valence-electron chi connectivity index (χ4n) is 1.08. The summed E-state index contributed by atoms with van der Waals surface area (Å²) in [7, 11) is 0. The van der Waals surface area contributed by atoms with E-state index in [0.29, 0.717) is 0 Å². The van der Waals surface area contributed by atoms with Crippen LogP contribution in [-0.2, 0) is 4.79 Å². The van der Waals surface area contributed by atoms with E-state index in [-0.39, 0.29) is 5.76 Å². The van der Waals surface area contributed by atoms with Gasteiger partial charge >= 0.3 is 0 Å². The Balaban J connectivity index is 3.01. The molecule has 0 aromatic carbocycles. The zero-order valence-corrected chi connectivity index (χ0v) is 6.52.